The monoisotopic (exact) mass is 434 g/mol. The van der Waals surface area contributed by atoms with E-state index in [-0.39, 0.29) is 6.67 Å². The van der Waals surface area contributed by atoms with E-state index < -0.39 is 8.56 Å². The molecule has 0 amide bonds. The van der Waals surface area contributed by atoms with Crippen LogP contribution in [-0.4, -0.2) is 29.5 Å². The molecule has 0 saturated carbocycles. The molecule has 2 nitrogen and oxygen atoms in total. The van der Waals surface area contributed by atoms with Gasteiger partial charge in [0.2, 0.25) is 0 Å². The van der Waals surface area contributed by atoms with Gasteiger partial charge in [-0.25, -0.2) is 0 Å². The molecule has 0 aromatic rings. The highest BCUT2D eigenvalue weighted by molar-refractivity contribution is 6.67. The molecule has 0 saturated heterocycles. The average Bonchev–Trinajstić information content (AvgIpc) is 2.76. The number of hydrogen-bond donors (Lipinski definition) is 0. The van der Waals surface area contributed by atoms with Crippen LogP contribution in [0.1, 0.15) is 130 Å². The molecule has 0 atom stereocenters. The molecule has 0 spiro atoms. The predicted octanol–water partition coefficient (Wildman–Crippen LogP) is 9.37. The number of hydrogen-bond acceptors (Lipinski definition) is 2. The third-order valence-corrected chi connectivity index (χ3v) is 9.61. The topological polar surface area (TPSA) is 18.5 Å². The number of halogens is 1. The van der Waals surface area contributed by atoms with Crippen LogP contribution < -0.4 is 0 Å². The largest absolute Gasteiger partial charge is 0.398 e. The van der Waals surface area contributed by atoms with E-state index >= 15 is 0 Å². The van der Waals surface area contributed by atoms with Crippen LogP contribution >= 0.6 is 0 Å². The van der Waals surface area contributed by atoms with Crippen LogP contribution in [-0.2, 0) is 8.85 Å². The quantitative estimate of drug-likeness (QED) is 0.132. The summed E-state index contributed by atoms with van der Waals surface area (Å²) in [4.78, 5) is 0. The lowest BCUT2D eigenvalue weighted by atomic mass is 10.1. The van der Waals surface area contributed by atoms with Crippen molar-refractivity contribution in [2.75, 3.05) is 20.9 Å². The molecule has 178 valence electrons. The standard InChI is InChI=1S/C13H27F.C12H28O2Si/c1-2-3-4-5-6-7-8-9-10-11-12-13-14;1-5-7-8-9-10-11-12-15(6-2,13-3)14-4/h2-13H2,1H3;5-12H2,1-4H3. The van der Waals surface area contributed by atoms with Crippen molar-refractivity contribution in [3.63, 3.8) is 0 Å². The van der Waals surface area contributed by atoms with Gasteiger partial charge in [-0.2, -0.15) is 0 Å². The molecule has 0 rings (SSSR count). The zero-order valence-corrected chi connectivity index (χ0v) is 21.8. The van der Waals surface area contributed by atoms with Crippen LogP contribution in [0.15, 0.2) is 0 Å². The van der Waals surface area contributed by atoms with Crippen molar-refractivity contribution in [3.8, 4) is 0 Å². The third-order valence-electron chi connectivity index (χ3n) is 5.93. The lowest BCUT2D eigenvalue weighted by Gasteiger charge is -2.25. The maximum Gasteiger partial charge on any atom is 0.337 e. The lowest BCUT2D eigenvalue weighted by molar-refractivity contribution is 0.241. The summed E-state index contributed by atoms with van der Waals surface area (Å²) < 4.78 is 22.9. The summed E-state index contributed by atoms with van der Waals surface area (Å²) in [5.74, 6) is 0. The second kappa shape index (κ2) is 26.1. The average molecular weight is 435 g/mol. The molecule has 0 unspecified atom stereocenters. The molecule has 0 N–H and O–H groups in total. The van der Waals surface area contributed by atoms with Gasteiger partial charge in [-0.15, -0.1) is 0 Å². The van der Waals surface area contributed by atoms with Gasteiger partial charge in [-0.1, -0.05) is 124 Å². The van der Waals surface area contributed by atoms with Gasteiger partial charge in [0.15, 0.2) is 0 Å². The molecular weight excluding hydrogens is 379 g/mol. The molecule has 0 radical (unpaired) electrons. The van der Waals surface area contributed by atoms with E-state index in [1.807, 2.05) is 0 Å². The maximum absolute atomic E-state index is 11.7. The predicted molar refractivity (Wildman–Crippen MR) is 131 cm³/mol. The highest BCUT2D eigenvalue weighted by Crippen LogP contribution is 2.21. The summed E-state index contributed by atoms with van der Waals surface area (Å²) in [5.41, 5.74) is 0. The van der Waals surface area contributed by atoms with Crippen LogP contribution in [0.3, 0.4) is 0 Å². The first-order chi connectivity index (χ1) is 14.2. The molecule has 29 heavy (non-hydrogen) atoms. The van der Waals surface area contributed by atoms with Crippen molar-refractivity contribution in [1.29, 1.82) is 0 Å². The minimum atomic E-state index is -1.79. The Morgan fingerprint density at radius 2 is 0.862 bits per heavy atom. The highest BCUT2D eigenvalue weighted by atomic mass is 28.4. The Morgan fingerprint density at radius 1 is 0.517 bits per heavy atom. The summed E-state index contributed by atoms with van der Waals surface area (Å²) in [6.45, 7) is 6.56. The maximum atomic E-state index is 11.7. The van der Waals surface area contributed by atoms with E-state index in [0.29, 0.717) is 0 Å². The van der Waals surface area contributed by atoms with Crippen LogP contribution in [0.25, 0.3) is 0 Å². The van der Waals surface area contributed by atoms with Gasteiger partial charge in [-0.3, -0.25) is 4.39 Å². The Hall–Kier alpha value is 0.0669. The molecule has 0 aliphatic heterocycles. The van der Waals surface area contributed by atoms with Gasteiger partial charge < -0.3 is 8.85 Å². The Morgan fingerprint density at radius 3 is 1.17 bits per heavy atom. The van der Waals surface area contributed by atoms with Crippen molar-refractivity contribution in [2.24, 2.45) is 0 Å². The first-order valence-corrected chi connectivity index (χ1v) is 15.1. The second-order valence-corrected chi connectivity index (χ2v) is 12.3. The van der Waals surface area contributed by atoms with E-state index in [1.54, 1.807) is 14.2 Å². The SMILES string of the molecule is CCCCCCCCCCCCCF.CCCCCCCC[Si](CC)(OC)OC. The van der Waals surface area contributed by atoms with Crippen molar-refractivity contribution in [3.05, 3.63) is 0 Å². The van der Waals surface area contributed by atoms with Crippen molar-refractivity contribution in [2.45, 2.75) is 142 Å². The van der Waals surface area contributed by atoms with E-state index in [2.05, 4.69) is 20.8 Å². The van der Waals surface area contributed by atoms with E-state index in [9.17, 15) is 4.39 Å². The number of rotatable bonds is 21. The molecule has 0 aliphatic rings. The zero-order chi connectivity index (χ0) is 22.1. The first-order valence-electron chi connectivity index (χ1n) is 12.8. The molecule has 0 aromatic carbocycles. The summed E-state index contributed by atoms with van der Waals surface area (Å²) in [6.07, 6.45) is 22.2. The first kappa shape index (κ1) is 31.3. The van der Waals surface area contributed by atoms with Gasteiger partial charge in [0.1, 0.15) is 0 Å². The van der Waals surface area contributed by atoms with E-state index in [4.69, 9.17) is 8.85 Å². The third kappa shape index (κ3) is 22.6. The van der Waals surface area contributed by atoms with E-state index in [1.165, 1.54) is 96.3 Å². The van der Waals surface area contributed by atoms with Gasteiger partial charge in [-0.05, 0) is 18.5 Å². The minimum absolute atomic E-state index is 0.128. The Balaban J connectivity index is 0. The van der Waals surface area contributed by atoms with Crippen LogP contribution in [0.2, 0.25) is 12.1 Å². The van der Waals surface area contributed by atoms with E-state index in [0.717, 1.165) is 24.9 Å². The highest BCUT2D eigenvalue weighted by Gasteiger charge is 2.32. The van der Waals surface area contributed by atoms with Gasteiger partial charge in [0.25, 0.3) is 0 Å². The molecule has 4 heteroatoms. The summed E-state index contributed by atoms with van der Waals surface area (Å²) in [7, 11) is 1.82. The molecule has 0 fully saturated rings. The normalized spacial score (nSPS) is 11.4. The molecular formula is C25H55FO2Si. The van der Waals surface area contributed by atoms with Crippen molar-refractivity contribution < 1.29 is 13.2 Å². The van der Waals surface area contributed by atoms with Crippen LogP contribution in [0.4, 0.5) is 4.39 Å². The summed E-state index contributed by atoms with van der Waals surface area (Å²) in [6, 6.07) is 2.22. The lowest BCUT2D eigenvalue weighted by Crippen LogP contribution is -2.38. The van der Waals surface area contributed by atoms with Crippen LogP contribution in [0, 0.1) is 0 Å². The van der Waals surface area contributed by atoms with Crippen molar-refractivity contribution >= 4 is 8.56 Å². The Bertz CT molecular complexity index is 266. The molecule has 0 bridgehead atoms. The number of alkyl halides is 1. The molecule has 0 aliphatic carbocycles. The summed E-state index contributed by atoms with van der Waals surface area (Å²) in [5, 5.41) is 0. The smallest absolute Gasteiger partial charge is 0.337 e. The minimum Gasteiger partial charge on any atom is -0.398 e. The fourth-order valence-corrected chi connectivity index (χ4v) is 5.98. The van der Waals surface area contributed by atoms with Crippen molar-refractivity contribution in [1.82, 2.24) is 0 Å². The molecule has 0 aromatic heterocycles. The number of unbranched alkanes of at least 4 members (excludes halogenated alkanes) is 15. The fraction of sp³-hybridized carbons (Fsp3) is 1.00. The summed E-state index contributed by atoms with van der Waals surface area (Å²) >= 11 is 0. The zero-order valence-electron chi connectivity index (χ0n) is 20.8. The molecule has 0 heterocycles. The van der Waals surface area contributed by atoms with Gasteiger partial charge in [0.05, 0.1) is 6.67 Å². The Labute approximate surface area is 185 Å². The Kier molecular flexibility index (Phi) is 28.1. The second-order valence-electron chi connectivity index (χ2n) is 8.41. The fourth-order valence-electron chi connectivity index (χ4n) is 3.69. The van der Waals surface area contributed by atoms with Gasteiger partial charge in [0, 0.05) is 14.2 Å². The van der Waals surface area contributed by atoms with Crippen LogP contribution in [0.5, 0.6) is 0 Å². The van der Waals surface area contributed by atoms with Gasteiger partial charge >= 0.3 is 8.56 Å².